The number of rotatable bonds is 8. The normalized spacial score (nSPS) is 15.0. The molecule has 5 aromatic carbocycles. The van der Waals surface area contributed by atoms with Crippen molar-refractivity contribution >= 4 is 76.6 Å². The fourth-order valence-corrected chi connectivity index (χ4v) is 6.44. The zero-order chi connectivity index (χ0) is 54.4. The van der Waals surface area contributed by atoms with E-state index in [2.05, 4.69) is 11.3 Å². The van der Waals surface area contributed by atoms with Crippen LogP contribution in [-0.2, 0) is 47.9 Å². The van der Waals surface area contributed by atoms with E-state index < -0.39 is 23.9 Å². The first-order valence-corrected chi connectivity index (χ1v) is 21.9. The number of hydrogen-bond donors (Lipinski definition) is 4. The van der Waals surface area contributed by atoms with Crippen molar-refractivity contribution in [3.63, 3.8) is 0 Å². The van der Waals surface area contributed by atoms with Gasteiger partial charge in [0.25, 0.3) is 11.8 Å². The first kappa shape index (κ1) is 61.5. The summed E-state index contributed by atoms with van der Waals surface area (Å²) in [4.78, 5) is 100. The molecular formula is C54H52N3NaO16. The number of phenolic OH excluding ortho intramolecular Hbond substituents is 3. The number of hydrogen-bond acceptors (Lipinski definition) is 17. The number of cyclic esters (lactones) is 2. The van der Waals surface area contributed by atoms with E-state index >= 15 is 0 Å². The second-order valence-corrected chi connectivity index (χ2v) is 15.6. The zero-order valence-electron chi connectivity index (χ0n) is 41.2. The summed E-state index contributed by atoms with van der Waals surface area (Å²) in [5.74, 6) is -3.35. The van der Waals surface area contributed by atoms with Crippen LogP contribution in [0.2, 0.25) is 0 Å². The molecule has 1 saturated heterocycles. The molecular weight excluding hydrogens is 970 g/mol. The number of amides is 4. The topological polar surface area (TPSA) is 298 Å². The fraction of sp³-hybridized carbons (Fsp3) is 0.167. The van der Waals surface area contributed by atoms with Gasteiger partial charge in [-0.25, -0.2) is 14.5 Å². The van der Waals surface area contributed by atoms with E-state index in [0.717, 1.165) is 35.1 Å². The molecule has 3 aliphatic rings. The van der Waals surface area contributed by atoms with Crippen molar-refractivity contribution < 1.29 is 107 Å². The monoisotopic (exact) mass is 1020 g/mol. The van der Waals surface area contributed by atoms with Crippen LogP contribution in [0.3, 0.4) is 0 Å². The predicted molar refractivity (Wildman–Crippen MR) is 265 cm³/mol. The Kier molecular flexibility index (Phi) is 25.2. The van der Waals surface area contributed by atoms with E-state index in [9.17, 15) is 48.6 Å². The van der Waals surface area contributed by atoms with Gasteiger partial charge in [-0.3, -0.25) is 33.7 Å². The van der Waals surface area contributed by atoms with E-state index in [4.69, 9.17) is 30.2 Å². The van der Waals surface area contributed by atoms with Crippen molar-refractivity contribution in [2.75, 3.05) is 15.5 Å². The second-order valence-electron chi connectivity index (χ2n) is 15.6. The maximum atomic E-state index is 12.8. The van der Waals surface area contributed by atoms with E-state index in [1.54, 1.807) is 85.8 Å². The minimum absolute atomic E-state index is 0. The molecule has 380 valence electrons. The van der Waals surface area contributed by atoms with Gasteiger partial charge in [0.15, 0.2) is 0 Å². The molecule has 0 aromatic heterocycles. The van der Waals surface area contributed by atoms with Gasteiger partial charge in [0, 0.05) is 55.7 Å². The van der Waals surface area contributed by atoms with Crippen molar-refractivity contribution in [2.24, 2.45) is 11.8 Å². The summed E-state index contributed by atoms with van der Waals surface area (Å²) in [5.41, 5.74) is 8.94. The number of aromatic hydroxyl groups is 3. The summed E-state index contributed by atoms with van der Waals surface area (Å²) in [6.45, 7) is 11.1. The third-order valence-corrected chi connectivity index (χ3v) is 9.92. The predicted octanol–water partition coefficient (Wildman–Crippen LogP) is 3.07. The number of benzene rings is 5. The van der Waals surface area contributed by atoms with E-state index in [1.807, 2.05) is 31.2 Å². The average Bonchev–Trinajstić information content (AvgIpc) is 3.96. The molecule has 3 atom stereocenters. The summed E-state index contributed by atoms with van der Waals surface area (Å²) >= 11 is 0. The standard InChI is InChI=1S/C20H21NO4.C12H9NO4.C10H10O2.C6H7NO.C4H2O3.C2H4O2.Na/c1-12(14-3-7-16(22)8-4-14)11-18-13(2)19(24)21(20(18)25)15-5-9-17(23)10-6-15;1-8(14)17-10-4-2-9(3-5-10)13-11(15)6-7-12(13)16;1-3-9-4-6-10(7-5-9)12-8(2)11;7-5-1-3-6(8)4-2-5;5-3-1-2-4(6)7-3;1-2(3)4;/h3-10,12-13,18,22-23H,11H2,1-2H3;2-7H,1H3;3-7H,1H2,2H3;1-4,8H,7H2;1-2H;1H3,(H,3,4);/q;;;;;;+1/p-1. The smallest absolute Gasteiger partial charge is 0.550 e. The van der Waals surface area contributed by atoms with Gasteiger partial charge in [-0.2, -0.15) is 0 Å². The molecule has 5 N–H and O–H groups in total. The van der Waals surface area contributed by atoms with Gasteiger partial charge in [0.2, 0.25) is 11.8 Å². The number of imide groups is 2. The molecule has 3 unspecified atom stereocenters. The Morgan fingerprint density at radius 3 is 1.39 bits per heavy atom. The molecule has 0 spiro atoms. The second kappa shape index (κ2) is 30.3. The first-order valence-electron chi connectivity index (χ1n) is 21.9. The van der Waals surface area contributed by atoms with Gasteiger partial charge in [-0.05, 0) is 127 Å². The summed E-state index contributed by atoms with van der Waals surface area (Å²) in [6.07, 6.45) is 6.89. The Bertz CT molecular complexity index is 2770. The van der Waals surface area contributed by atoms with Gasteiger partial charge in [0.1, 0.15) is 28.7 Å². The van der Waals surface area contributed by atoms with Crippen molar-refractivity contribution in [2.45, 2.75) is 47.0 Å². The number of carboxylic acid groups (broad SMARTS) is 1. The van der Waals surface area contributed by atoms with Gasteiger partial charge in [-0.1, -0.05) is 50.8 Å². The number of nitrogen functional groups attached to an aromatic ring is 1. The molecule has 3 aliphatic heterocycles. The van der Waals surface area contributed by atoms with Crippen LogP contribution >= 0.6 is 0 Å². The minimum atomic E-state index is -1.08. The number of carboxylic acids is 1. The van der Waals surface area contributed by atoms with Crippen LogP contribution < -0.4 is 59.7 Å². The van der Waals surface area contributed by atoms with Crippen molar-refractivity contribution in [1.82, 2.24) is 0 Å². The van der Waals surface area contributed by atoms with Crippen LogP contribution in [0.4, 0.5) is 17.1 Å². The molecule has 1 fully saturated rings. The van der Waals surface area contributed by atoms with Crippen LogP contribution in [0.25, 0.3) is 6.08 Å². The average molecular weight is 1020 g/mol. The van der Waals surface area contributed by atoms with Crippen LogP contribution in [0, 0.1) is 11.8 Å². The molecule has 5 aromatic rings. The number of nitrogens with zero attached hydrogens (tertiary/aromatic N) is 2. The molecule has 20 heteroatoms. The maximum absolute atomic E-state index is 12.8. The molecule has 74 heavy (non-hydrogen) atoms. The molecule has 0 radical (unpaired) electrons. The van der Waals surface area contributed by atoms with Gasteiger partial charge in [-0.15, -0.1) is 0 Å². The molecule has 8 rings (SSSR count). The number of ether oxygens (including phenoxy) is 3. The van der Waals surface area contributed by atoms with Crippen molar-refractivity contribution in [3.05, 3.63) is 163 Å². The third-order valence-electron chi connectivity index (χ3n) is 9.92. The van der Waals surface area contributed by atoms with Gasteiger partial charge < -0.3 is 45.2 Å². The van der Waals surface area contributed by atoms with Crippen LogP contribution in [0.5, 0.6) is 28.7 Å². The van der Waals surface area contributed by atoms with Crippen LogP contribution in [-0.4, -0.2) is 68.8 Å². The van der Waals surface area contributed by atoms with Crippen molar-refractivity contribution in [3.8, 4) is 28.7 Å². The molecule has 0 bridgehead atoms. The number of carbonyl (C=O) groups is 9. The number of carbonyl (C=O) groups excluding carboxylic acids is 9. The zero-order valence-corrected chi connectivity index (χ0v) is 43.2. The molecule has 3 heterocycles. The quantitative estimate of drug-likeness (QED) is 0.0330. The maximum Gasteiger partial charge on any atom is 1.00 e. The Labute approximate surface area is 448 Å². The van der Waals surface area contributed by atoms with E-state index in [-0.39, 0.29) is 94.2 Å². The van der Waals surface area contributed by atoms with Crippen LogP contribution in [0.15, 0.2) is 152 Å². The SMILES string of the molecule is C=Cc1ccc(OC(C)=O)cc1.CC(=O)Oc1ccc(N2C(=O)C=CC2=O)cc1.CC(=O)[O-].CC(CC1C(=O)N(c2ccc(O)cc2)C(=O)C1C)c1ccc(O)cc1.Nc1ccc(O)cc1.O=C1C=CC(=O)O1.[Na+]. The summed E-state index contributed by atoms with van der Waals surface area (Å²) in [5, 5.41) is 36.4. The summed E-state index contributed by atoms with van der Waals surface area (Å²) < 4.78 is 13.7. The van der Waals surface area contributed by atoms with E-state index in [1.165, 1.54) is 55.2 Å². The Hall–Kier alpha value is -8.65. The Balaban J connectivity index is 0.000000332. The minimum Gasteiger partial charge on any atom is -0.550 e. The van der Waals surface area contributed by atoms with Crippen molar-refractivity contribution in [1.29, 1.82) is 0 Å². The summed E-state index contributed by atoms with van der Waals surface area (Å²) in [7, 11) is 0. The van der Waals surface area contributed by atoms with E-state index in [0.29, 0.717) is 35.0 Å². The number of nitrogens with two attached hydrogens (primary N) is 1. The fourth-order valence-electron chi connectivity index (χ4n) is 6.44. The Morgan fingerprint density at radius 1 is 0.635 bits per heavy atom. The Morgan fingerprint density at radius 2 is 1.01 bits per heavy atom. The molecule has 4 amide bonds. The number of anilines is 3. The molecule has 0 saturated carbocycles. The largest absolute Gasteiger partial charge is 1.00 e. The molecule has 0 aliphatic carbocycles. The summed E-state index contributed by atoms with van der Waals surface area (Å²) in [6, 6.07) is 32.7. The number of esters is 4. The molecule has 19 nitrogen and oxygen atoms in total. The van der Waals surface area contributed by atoms with Gasteiger partial charge in [0.05, 0.1) is 17.3 Å². The number of phenols is 3. The number of aliphatic carboxylic acids is 1. The van der Waals surface area contributed by atoms with Crippen LogP contribution in [0.1, 0.15) is 58.1 Å². The third kappa shape index (κ3) is 20.6. The van der Waals surface area contributed by atoms with Gasteiger partial charge >= 0.3 is 53.4 Å². The first-order chi connectivity index (χ1) is 34.5.